The largest absolute Gasteiger partial charge is 0.399 e. The van der Waals surface area contributed by atoms with E-state index < -0.39 is 0 Å². The number of pyridine rings is 1. The summed E-state index contributed by atoms with van der Waals surface area (Å²) >= 11 is 0. The fraction of sp³-hybridized carbons (Fsp3) is 0.200. The van der Waals surface area contributed by atoms with Crippen LogP contribution in [-0.2, 0) is 0 Å². The molecule has 1 saturated heterocycles. The van der Waals surface area contributed by atoms with Crippen LogP contribution in [0.2, 0.25) is 0 Å². The Hall–Kier alpha value is -2.56. The first-order valence-electron chi connectivity index (χ1n) is 6.46. The van der Waals surface area contributed by atoms with Crippen LogP contribution in [0, 0.1) is 0 Å². The highest BCUT2D eigenvalue weighted by atomic mass is 16.2. The number of rotatable bonds is 2. The molecule has 3 rings (SSSR count). The van der Waals surface area contributed by atoms with Gasteiger partial charge in [-0.05, 0) is 35.9 Å². The molecule has 2 amide bonds. The second-order valence-electron chi connectivity index (χ2n) is 4.90. The molecule has 2 aromatic rings. The number of amides is 2. The van der Waals surface area contributed by atoms with Gasteiger partial charge in [0.1, 0.15) is 0 Å². The Morgan fingerprint density at radius 3 is 2.65 bits per heavy atom. The van der Waals surface area contributed by atoms with E-state index in [0.717, 1.165) is 11.3 Å². The summed E-state index contributed by atoms with van der Waals surface area (Å²) in [5.41, 5.74) is 8.28. The van der Waals surface area contributed by atoms with Gasteiger partial charge in [0, 0.05) is 30.8 Å². The van der Waals surface area contributed by atoms with E-state index in [2.05, 4.69) is 4.98 Å². The number of urea groups is 1. The summed E-state index contributed by atoms with van der Waals surface area (Å²) in [6.07, 6.45) is 3.54. The minimum atomic E-state index is -0.0105. The zero-order valence-corrected chi connectivity index (χ0v) is 11.2. The number of aromatic nitrogens is 1. The summed E-state index contributed by atoms with van der Waals surface area (Å²) in [6, 6.07) is 11.2. The lowest BCUT2D eigenvalue weighted by molar-refractivity contribution is 0.219. The van der Waals surface area contributed by atoms with Crippen molar-refractivity contribution in [3.05, 3.63) is 54.4 Å². The van der Waals surface area contributed by atoms with Crippen molar-refractivity contribution in [2.24, 2.45) is 0 Å². The van der Waals surface area contributed by atoms with Gasteiger partial charge < -0.3 is 10.6 Å². The van der Waals surface area contributed by atoms with Gasteiger partial charge in [-0.15, -0.1) is 0 Å². The molecule has 1 aromatic heterocycles. The van der Waals surface area contributed by atoms with Crippen molar-refractivity contribution < 1.29 is 4.79 Å². The van der Waals surface area contributed by atoms with Crippen molar-refractivity contribution in [2.45, 2.75) is 6.04 Å². The standard InChI is InChI=1S/C15H16N4O/c1-18-14(11-3-2-8-17-9-11)10-19(15(18)20)13-6-4-12(16)5-7-13/h2-9,14H,10,16H2,1H3. The molecule has 20 heavy (non-hydrogen) atoms. The second kappa shape index (κ2) is 4.85. The first kappa shape index (κ1) is 12.5. The molecule has 1 atom stereocenters. The van der Waals surface area contributed by atoms with E-state index in [1.54, 1.807) is 34.3 Å². The van der Waals surface area contributed by atoms with E-state index in [1.807, 2.05) is 31.3 Å². The van der Waals surface area contributed by atoms with Crippen LogP contribution >= 0.6 is 0 Å². The molecule has 0 bridgehead atoms. The molecule has 1 aliphatic rings. The van der Waals surface area contributed by atoms with Crippen molar-refractivity contribution in [1.82, 2.24) is 9.88 Å². The third-order valence-electron chi connectivity index (χ3n) is 3.63. The van der Waals surface area contributed by atoms with Gasteiger partial charge in [0.2, 0.25) is 0 Å². The van der Waals surface area contributed by atoms with Gasteiger partial charge in [0.25, 0.3) is 0 Å². The number of benzene rings is 1. The Balaban J connectivity index is 1.89. The first-order valence-corrected chi connectivity index (χ1v) is 6.46. The highest BCUT2D eigenvalue weighted by Crippen LogP contribution is 2.31. The molecule has 0 radical (unpaired) electrons. The molecule has 2 heterocycles. The average Bonchev–Trinajstić information content (AvgIpc) is 2.77. The lowest BCUT2D eigenvalue weighted by atomic mass is 10.1. The molecule has 0 saturated carbocycles. The molecule has 0 aliphatic carbocycles. The van der Waals surface area contributed by atoms with Crippen LogP contribution in [-0.4, -0.2) is 29.5 Å². The highest BCUT2D eigenvalue weighted by Gasteiger charge is 2.36. The van der Waals surface area contributed by atoms with Crippen molar-refractivity contribution >= 4 is 17.4 Å². The third-order valence-corrected chi connectivity index (χ3v) is 3.63. The van der Waals surface area contributed by atoms with Crippen molar-refractivity contribution in [1.29, 1.82) is 0 Å². The fourth-order valence-corrected chi connectivity index (χ4v) is 2.47. The maximum atomic E-state index is 12.4. The smallest absolute Gasteiger partial charge is 0.324 e. The number of hydrogen-bond donors (Lipinski definition) is 1. The van der Waals surface area contributed by atoms with Crippen LogP contribution in [0.15, 0.2) is 48.8 Å². The molecule has 102 valence electrons. The summed E-state index contributed by atoms with van der Waals surface area (Å²) in [4.78, 5) is 20.0. The lowest BCUT2D eigenvalue weighted by Gasteiger charge is -2.17. The highest BCUT2D eigenvalue weighted by molar-refractivity contribution is 5.94. The van der Waals surface area contributed by atoms with Crippen molar-refractivity contribution in [3.63, 3.8) is 0 Å². The molecule has 2 N–H and O–H groups in total. The van der Waals surface area contributed by atoms with E-state index in [0.29, 0.717) is 12.2 Å². The monoisotopic (exact) mass is 268 g/mol. The number of anilines is 2. The molecule has 5 heteroatoms. The Bertz CT molecular complexity index is 612. The zero-order chi connectivity index (χ0) is 14.1. The summed E-state index contributed by atoms with van der Waals surface area (Å²) in [5, 5.41) is 0. The molecule has 5 nitrogen and oxygen atoms in total. The Morgan fingerprint density at radius 2 is 2.00 bits per heavy atom. The van der Waals surface area contributed by atoms with Gasteiger partial charge in [-0.3, -0.25) is 9.88 Å². The number of hydrogen-bond acceptors (Lipinski definition) is 3. The Morgan fingerprint density at radius 1 is 1.25 bits per heavy atom. The zero-order valence-electron chi connectivity index (χ0n) is 11.2. The fourth-order valence-electron chi connectivity index (χ4n) is 2.47. The SMILES string of the molecule is CN1C(=O)N(c2ccc(N)cc2)CC1c1cccnc1. The predicted octanol–water partition coefficient (Wildman–Crippen LogP) is 2.28. The summed E-state index contributed by atoms with van der Waals surface area (Å²) in [5.74, 6) is 0. The molecular weight excluding hydrogens is 252 g/mol. The number of likely N-dealkylation sites (N-methyl/N-ethyl adjacent to an activating group) is 1. The summed E-state index contributed by atoms with van der Waals surface area (Å²) < 4.78 is 0. The molecule has 0 spiro atoms. The second-order valence-corrected chi connectivity index (χ2v) is 4.90. The van der Waals surface area contributed by atoms with E-state index >= 15 is 0 Å². The molecular formula is C15H16N4O. The molecule has 1 unspecified atom stereocenters. The quantitative estimate of drug-likeness (QED) is 0.850. The van der Waals surface area contributed by atoms with Crippen LogP contribution in [0.1, 0.15) is 11.6 Å². The topological polar surface area (TPSA) is 62.5 Å². The van der Waals surface area contributed by atoms with E-state index in [4.69, 9.17) is 5.73 Å². The lowest BCUT2D eigenvalue weighted by Crippen LogP contribution is -2.29. The van der Waals surface area contributed by atoms with Crippen LogP contribution < -0.4 is 10.6 Å². The normalized spacial score (nSPS) is 18.6. The summed E-state index contributed by atoms with van der Waals surface area (Å²) in [6.45, 7) is 0.616. The number of carbonyl (C=O) groups is 1. The first-order chi connectivity index (χ1) is 9.66. The van der Waals surface area contributed by atoms with Crippen molar-refractivity contribution in [2.75, 3.05) is 24.2 Å². The number of nitrogen functional groups attached to an aromatic ring is 1. The van der Waals surface area contributed by atoms with Gasteiger partial charge in [0.05, 0.1) is 12.6 Å². The third kappa shape index (κ3) is 2.07. The van der Waals surface area contributed by atoms with E-state index in [9.17, 15) is 4.79 Å². The van der Waals surface area contributed by atoms with E-state index in [-0.39, 0.29) is 12.1 Å². The average molecular weight is 268 g/mol. The minimum absolute atomic E-state index is 0.0105. The van der Waals surface area contributed by atoms with Gasteiger partial charge in [-0.25, -0.2) is 4.79 Å². The summed E-state index contributed by atoms with van der Waals surface area (Å²) in [7, 11) is 1.82. The minimum Gasteiger partial charge on any atom is -0.399 e. The maximum absolute atomic E-state index is 12.4. The van der Waals surface area contributed by atoms with Crippen LogP contribution in [0.4, 0.5) is 16.2 Å². The molecule has 1 aliphatic heterocycles. The molecule has 1 aromatic carbocycles. The van der Waals surface area contributed by atoms with Crippen LogP contribution in [0.3, 0.4) is 0 Å². The van der Waals surface area contributed by atoms with Crippen molar-refractivity contribution in [3.8, 4) is 0 Å². The predicted molar refractivity (Wildman–Crippen MR) is 78.3 cm³/mol. The Kier molecular flexibility index (Phi) is 3.02. The van der Waals surface area contributed by atoms with Crippen LogP contribution in [0.25, 0.3) is 0 Å². The van der Waals surface area contributed by atoms with Gasteiger partial charge >= 0.3 is 6.03 Å². The van der Waals surface area contributed by atoms with Crippen LogP contribution in [0.5, 0.6) is 0 Å². The Labute approximate surface area is 117 Å². The number of nitrogens with two attached hydrogens (primary N) is 1. The van der Waals surface area contributed by atoms with Gasteiger partial charge in [-0.1, -0.05) is 6.07 Å². The van der Waals surface area contributed by atoms with Gasteiger partial charge in [0.15, 0.2) is 0 Å². The molecule has 1 fully saturated rings. The number of nitrogens with zero attached hydrogens (tertiary/aromatic N) is 3. The van der Waals surface area contributed by atoms with E-state index in [1.165, 1.54) is 0 Å². The van der Waals surface area contributed by atoms with Gasteiger partial charge in [-0.2, -0.15) is 0 Å². The maximum Gasteiger partial charge on any atom is 0.324 e. The number of carbonyl (C=O) groups excluding carboxylic acids is 1.